The van der Waals surface area contributed by atoms with E-state index >= 15 is 0 Å². The number of amides is 1. The van der Waals surface area contributed by atoms with Crippen LogP contribution in [0.4, 0.5) is 0 Å². The second-order valence-electron chi connectivity index (χ2n) is 5.60. The lowest BCUT2D eigenvalue weighted by molar-refractivity contribution is -0.124. The summed E-state index contributed by atoms with van der Waals surface area (Å²) in [6, 6.07) is 7.72. The maximum atomic E-state index is 12.0. The fourth-order valence-electron chi connectivity index (χ4n) is 2.77. The van der Waals surface area contributed by atoms with Crippen molar-refractivity contribution in [3.05, 3.63) is 24.3 Å². The van der Waals surface area contributed by atoms with E-state index in [4.69, 9.17) is 9.47 Å². The Kier molecular flexibility index (Phi) is 5.90. The molecule has 0 aliphatic heterocycles. The summed E-state index contributed by atoms with van der Waals surface area (Å²) in [6.07, 6.45) is 4.73. The topological polar surface area (TPSA) is 47.6 Å². The van der Waals surface area contributed by atoms with E-state index < -0.39 is 0 Å². The van der Waals surface area contributed by atoms with E-state index in [0.717, 1.165) is 6.42 Å². The molecule has 2 atom stereocenters. The fourth-order valence-corrected chi connectivity index (χ4v) is 2.77. The highest BCUT2D eigenvalue weighted by Gasteiger charge is 2.22. The second-order valence-corrected chi connectivity index (χ2v) is 5.60. The van der Waals surface area contributed by atoms with Crippen LogP contribution in [0.15, 0.2) is 24.3 Å². The van der Waals surface area contributed by atoms with Crippen LogP contribution >= 0.6 is 0 Å². The first kappa shape index (κ1) is 15.7. The minimum absolute atomic E-state index is 0.0350. The van der Waals surface area contributed by atoms with Gasteiger partial charge in [0.15, 0.2) is 18.1 Å². The Bertz CT molecular complexity index is 461. The Hall–Kier alpha value is -1.71. The first-order chi connectivity index (χ1) is 10.2. The predicted octanol–water partition coefficient (Wildman–Crippen LogP) is 3.16. The van der Waals surface area contributed by atoms with Gasteiger partial charge in [-0.15, -0.1) is 0 Å². The summed E-state index contributed by atoms with van der Waals surface area (Å²) in [5.74, 6) is 1.79. The van der Waals surface area contributed by atoms with E-state index in [2.05, 4.69) is 12.2 Å². The molecule has 4 heteroatoms. The van der Waals surface area contributed by atoms with E-state index in [1.54, 1.807) is 0 Å². The number of benzene rings is 1. The van der Waals surface area contributed by atoms with Crippen molar-refractivity contribution in [2.75, 3.05) is 13.2 Å². The van der Waals surface area contributed by atoms with Crippen LogP contribution in [0.3, 0.4) is 0 Å². The lowest BCUT2D eigenvalue weighted by Gasteiger charge is -2.29. The number of rotatable bonds is 6. The molecule has 1 fully saturated rings. The van der Waals surface area contributed by atoms with Gasteiger partial charge in [0.1, 0.15) is 0 Å². The van der Waals surface area contributed by atoms with Crippen molar-refractivity contribution in [3.8, 4) is 11.5 Å². The standard InChI is InChI=1S/C17H25NO3/c1-3-20-15-10-6-7-11-16(15)21-12-17(19)18-14-9-5-4-8-13(14)2/h6-7,10-11,13-14H,3-5,8-9,12H2,1-2H3,(H,18,19)/t13-,14-/m1/s1. The quantitative estimate of drug-likeness (QED) is 0.876. The Morgan fingerprint density at radius 2 is 1.86 bits per heavy atom. The Labute approximate surface area is 126 Å². The third kappa shape index (κ3) is 4.66. The van der Waals surface area contributed by atoms with Crippen LogP contribution < -0.4 is 14.8 Å². The number of carbonyl (C=O) groups excluding carboxylic acids is 1. The SMILES string of the molecule is CCOc1ccccc1OCC(=O)N[C@@H]1CCCC[C@H]1C. The zero-order valence-corrected chi connectivity index (χ0v) is 12.9. The Morgan fingerprint density at radius 3 is 2.52 bits per heavy atom. The monoisotopic (exact) mass is 291 g/mol. The average Bonchev–Trinajstić information content (AvgIpc) is 2.49. The summed E-state index contributed by atoms with van der Waals surface area (Å²) in [5.41, 5.74) is 0. The molecule has 1 saturated carbocycles. The molecule has 0 spiro atoms. The van der Waals surface area contributed by atoms with E-state index in [9.17, 15) is 4.79 Å². The predicted molar refractivity (Wildman–Crippen MR) is 82.7 cm³/mol. The van der Waals surface area contributed by atoms with Crippen LogP contribution in [-0.4, -0.2) is 25.2 Å². The maximum Gasteiger partial charge on any atom is 0.258 e. The van der Waals surface area contributed by atoms with Crippen molar-refractivity contribution in [3.63, 3.8) is 0 Å². The van der Waals surface area contributed by atoms with Crippen LogP contribution in [0.5, 0.6) is 11.5 Å². The summed E-state index contributed by atoms with van der Waals surface area (Å²) >= 11 is 0. The minimum Gasteiger partial charge on any atom is -0.490 e. The van der Waals surface area contributed by atoms with E-state index in [-0.39, 0.29) is 18.6 Å². The van der Waals surface area contributed by atoms with Gasteiger partial charge >= 0.3 is 0 Å². The molecule has 0 radical (unpaired) electrons. The molecule has 0 unspecified atom stereocenters. The van der Waals surface area contributed by atoms with Gasteiger partial charge in [-0.3, -0.25) is 4.79 Å². The van der Waals surface area contributed by atoms with Crippen LogP contribution in [0.2, 0.25) is 0 Å². The van der Waals surface area contributed by atoms with Gasteiger partial charge in [0, 0.05) is 6.04 Å². The molecular formula is C17H25NO3. The Morgan fingerprint density at radius 1 is 1.19 bits per heavy atom. The number of para-hydroxylation sites is 2. The zero-order valence-electron chi connectivity index (χ0n) is 12.9. The molecule has 2 rings (SSSR count). The van der Waals surface area contributed by atoms with E-state index in [1.165, 1.54) is 19.3 Å². The van der Waals surface area contributed by atoms with Crippen molar-refractivity contribution in [2.24, 2.45) is 5.92 Å². The molecule has 1 amide bonds. The van der Waals surface area contributed by atoms with Crippen LogP contribution in [-0.2, 0) is 4.79 Å². The van der Waals surface area contributed by atoms with Crippen LogP contribution in [0.1, 0.15) is 39.5 Å². The molecule has 4 nitrogen and oxygen atoms in total. The molecule has 0 heterocycles. The molecule has 1 N–H and O–H groups in total. The van der Waals surface area contributed by atoms with Gasteiger partial charge in [0.05, 0.1) is 6.61 Å². The largest absolute Gasteiger partial charge is 0.490 e. The van der Waals surface area contributed by atoms with E-state index in [0.29, 0.717) is 24.0 Å². The van der Waals surface area contributed by atoms with Gasteiger partial charge in [0.25, 0.3) is 5.91 Å². The van der Waals surface area contributed by atoms with Crippen molar-refractivity contribution in [1.29, 1.82) is 0 Å². The van der Waals surface area contributed by atoms with Crippen molar-refractivity contribution in [1.82, 2.24) is 5.32 Å². The van der Waals surface area contributed by atoms with Gasteiger partial charge in [-0.25, -0.2) is 0 Å². The summed E-state index contributed by atoms with van der Waals surface area (Å²) in [4.78, 5) is 12.0. The first-order valence-electron chi connectivity index (χ1n) is 7.84. The molecule has 0 aromatic heterocycles. The summed E-state index contributed by atoms with van der Waals surface area (Å²) in [6.45, 7) is 4.74. The molecule has 21 heavy (non-hydrogen) atoms. The normalized spacial score (nSPS) is 21.6. The van der Waals surface area contributed by atoms with Crippen molar-refractivity contribution < 1.29 is 14.3 Å². The van der Waals surface area contributed by atoms with Crippen molar-refractivity contribution >= 4 is 5.91 Å². The maximum absolute atomic E-state index is 12.0. The highest BCUT2D eigenvalue weighted by molar-refractivity contribution is 5.78. The summed E-state index contributed by atoms with van der Waals surface area (Å²) in [5, 5.41) is 3.09. The average molecular weight is 291 g/mol. The number of ether oxygens (including phenoxy) is 2. The molecule has 1 aliphatic rings. The summed E-state index contributed by atoms with van der Waals surface area (Å²) in [7, 11) is 0. The van der Waals surface area contributed by atoms with E-state index in [1.807, 2.05) is 31.2 Å². The number of hydrogen-bond donors (Lipinski definition) is 1. The van der Waals surface area contributed by atoms with Crippen molar-refractivity contribution in [2.45, 2.75) is 45.6 Å². The zero-order chi connectivity index (χ0) is 15.1. The van der Waals surface area contributed by atoms with Crippen LogP contribution in [0.25, 0.3) is 0 Å². The molecule has 0 saturated heterocycles. The lowest BCUT2D eigenvalue weighted by atomic mass is 9.86. The lowest BCUT2D eigenvalue weighted by Crippen LogP contribution is -2.43. The van der Waals surface area contributed by atoms with Crippen LogP contribution in [0, 0.1) is 5.92 Å². The smallest absolute Gasteiger partial charge is 0.258 e. The highest BCUT2D eigenvalue weighted by Crippen LogP contribution is 2.26. The Balaban J connectivity index is 1.83. The fraction of sp³-hybridized carbons (Fsp3) is 0.588. The molecule has 1 aromatic carbocycles. The third-order valence-corrected chi connectivity index (χ3v) is 3.97. The van der Waals surface area contributed by atoms with Gasteiger partial charge in [-0.05, 0) is 37.8 Å². The summed E-state index contributed by atoms with van der Waals surface area (Å²) < 4.78 is 11.1. The highest BCUT2D eigenvalue weighted by atomic mass is 16.5. The second kappa shape index (κ2) is 7.91. The van der Waals surface area contributed by atoms with Gasteiger partial charge in [-0.1, -0.05) is 31.9 Å². The number of hydrogen-bond acceptors (Lipinski definition) is 3. The molecular weight excluding hydrogens is 266 g/mol. The number of nitrogens with one attached hydrogen (secondary N) is 1. The molecule has 1 aromatic rings. The first-order valence-corrected chi connectivity index (χ1v) is 7.84. The molecule has 0 bridgehead atoms. The van der Waals surface area contributed by atoms with Gasteiger partial charge in [0.2, 0.25) is 0 Å². The van der Waals surface area contributed by atoms with Gasteiger partial charge in [-0.2, -0.15) is 0 Å². The molecule has 116 valence electrons. The molecule has 1 aliphatic carbocycles. The van der Waals surface area contributed by atoms with Gasteiger partial charge < -0.3 is 14.8 Å². The third-order valence-electron chi connectivity index (χ3n) is 3.97. The minimum atomic E-state index is -0.0555. The number of carbonyl (C=O) groups is 1.